The van der Waals surface area contributed by atoms with Crippen LogP contribution in [0.2, 0.25) is 0 Å². The van der Waals surface area contributed by atoms with Crippen LogP contribution in [0, 0.1) is 13.8 Å². The van der Waals surface area contributed by atoms with E-state index in [4.69, 9.17) is 9.47 Å². The lowest BCUT2D eigenvalue weighted by atomic mass is 10.1. The fraction of sp³-hybridized carbons (Fsp3) is 0.389. The Morgan fingerprint density at radius 2 is 1.92 bits per heavy atom. The number of carbonyl (C=O) groups excluding carboxylic acids is 3. The van der Waals surface area contributed by atoms with Gasteiger partial charge < -0.3 is 19.4 Å². The van der Waals surface area contributed by atoms with Crippen LogP contribution in [0.5, 0.6) is 0 Å². The molecule has 0 spiro atoms. The molecule has 7 nitrogen and oxygen atoms in total. The summed E-state index contributed by atoms with van der Waals surface area (Å²) < 4.78 is 10.1. The second kappa shape index (κ2) is 8.66. The van der Waals surface area contributed by atoms with E-state index in [0.29, 0.717) is 23.4 Å². The molecule has 0 aliphatic carbocycles. The van der Waals surface area contributed by atoms with Crippen LogP contribution in [0.25, 0.3) is 0 Å². The summed E-state index contributed by atoms with van der Waals surface area (Å²) in [7, 11) is 1.65. The van der Waals surface area contributed by atoms with E-state index in [9.17, 15) is 14.4 Å². The normalized spacial score (nSPS) is 10.5. The highest BCUT2D eigenvalue weighted by Crippen LogP contribution is 2.20. The number of nitrogens with zero attached hydrogens (tertiary/aromatic N) is 1. The summed E-state index contributed by atoms with van der Waals surface area (Å²) in [4.78, 5) is 40.7. The quantitative estimate of drug-likeness (QED) is 0.749. The second-order valence-corrected chi connectivity index (χ2v) is 6.58. The van der Waals surface area contributed by atoms with E-state index in [-0.39, 0.29) is 24.8 Å². The third kappa shape index (κ3) is 4.51. The molecule has 2 aromatic heterocycles. The summed E-state index contributed by atoms with van der Waals surface area (Å²) in [5.74, 6) is -1.49. The average molecular weight is 378 g/mol. The van der Waals surface area contributed by atoms with Crippen LogP contribution >= 0.6 is 11.3 Å². The van der Waals surface area contributed by atoms with Gasteiger partial charge in [0.1, 0.15) is 5.69 Å². The maximum atomic E-state index is 12.3. The Kier molecular flexibility index (Phi) is 6.57. The van der Waals surface area contributed by atoms with E-state index in [1.165, 1.54) is 4.90 Å². The number of amides is 1. The SMILES string of the molecule is CCOC(=O)c1c(C)[nH]c(C(=O)OCC(=O)N(C)Cc2ccsc2)c1C. The monoisotopic (exact) mass is 378 g/mol. The van der Waals surface area contributed by atoms with E-state index in [0.717, 1.165) is 5.56 Å². The summed E-state index contributed by atoms with van der Waals surface area (Å²) in [5, 5.41) is 3.89. The molecule has 2 heterocycles. The zero-order valence-electron chi connectivity index (χ0n) is 15.3. The first kappa shape index (κ1) is 19.7. The Morgan fingerprint density at radius 3 is 2.54 bits per heavy atom. The predicted molar refractivity (Wildman–Crippen MR) is 97.3 cm³/mol. The lowest BCUT2D eigenvalue weighted by molar-refractivity contribution is -0.133. The van der Waals surface area contributed by atoms with Gasteiger partial charge in [0.15, 0.2) is 6.61 Å². The molecule has 140 valence electrons. The number of aromatic nitrogens is 1. The number of thiophene rings is 1. The van der Waals surface area contributed by atoms with Crippen molar-refractivity contribution < 1.29 is 23.9 Å². The fourth-order valence-corrected chi connectivity index (χ4v) is 3.18. The molecule has 0 aromatic carbocycles. The predicted octanol–water partition coefficient (Wildman–Crippen LogP) is 2.69. The molecule has 1 amide bonds. The highest BCUT2D eigenvalue weighted by molar-refractivity contribution is 7.07. The van der Waals surface area contributed by atoms with Crippen molar-refractivity contribution in [1.82, 2.24) is 9.88 Å². The first-order valence-corrected chi connectivity index (χ1v) is 9.07. The minimum Gasteiger partial charge on any atom is -0.462 e. The molecule has 0 saturated carbocycles. The maximum absolute atomic E-state index is 12.3. The first-order chi connectivity index (χ1) is 12.3. The van der Waals surface area contributed by atoms with Gasteiger partial charge in [-0.05, 0) is 48.7 Å². The molecular formula is C18H22N2O5S. The van der Waals surface area contributed by atoms with Gasteiger partial charge in [-0.3, -0.25) is 4.79 Å². The minimum atomic E-state index is -0.682. The number of ether oxygens (including phenoxy) is 2. The van der Waals surface area contributed by atoms with Crippen molar-refractivity contribution in [1.29, 1.82) is 0 Å². The van der Waals surface area contributed by atoms with Gasteiger partial charge in [-0.2, -0.15) is 11.3 Å². The van der Waals surface area contributed by atoms with E-state index in [2.05, 4.69) is 4.98 Å². The molecule has 1 N–H and O–H groups in total. The van der Waals surface area contributed by atoms with E-state index >= 15 is 0 Å². The van der Waals surface area contributed by atoms with Crippen molar-refractivity contribution >= 4 is 29.2 Å². The average Bonchev–Trinajstić information content (AvgIpc) is 3.20. The molecule has 0 saturated heterocycles. The number of hydrogen-bond acceptors (Lipinski definition) is 6. The van der Waals surface area contributed by atoms with Crippen LogP contribution in [0.1, 0.15) is 44.6 Å². The van der Waals surface area contributed by atoms with Gasteiger partial charge in [-0.25, -0.2) is 9.59 Å². The molecule has 0 fully saturated rings. The van der Waals surface area contributed by atoms with Crippen molar-refractivity contribution in [3.8, 4) is 0 Å². The molecule has 0 bridgehead atoms. The number of H-pyrrole nitrogens is 1. The first-order valence-electron chi connectivity index (χ1n) is 8.13. The molecule has 2 aromatic rings. The van der Waals surface area contributed by atoms with Crippen LogP contribution in [-0.2, 0) is 20.8 Å². The van der Waals surface area contributed by atoms with Gasteiger partial charge in [0, 0.05) is 19.3 Å². The number of aromatic amines is 1. The highest BCUT2D eigenvalue weighted by Gasteiger charge is 2.24. The van der Waals surface area contributed by atoms with Crippen LogP contribution in [0.4, 0.5) is 0 Å². The van der Waals surface area contributed by atoms with Crippen LogP contribution in [0.15, 0.2) is 16.8 Å². The molecular weight excluding hydrogens is 356 g/mol. The van der Waals surface area contributed by atoms with Gasteiger partial charge in [-0.15, -0.1) is 0 Å². The number of hydrogen-bond donors (Lipinski definition) is 1. The summed E-state index contributed by atoms with van der Waals surface area (Å²) in [5.41, 5.74) is 2.46. The number of nitrogens with one attached hydrogen (secondary N) is 1. The molecule has 0 atom stereocenters. The smallest absolute Gasteiger partial charge is 0.355 e. The van der Waals surface area contributed by atoms with Crippen LogP contribution in [0.3, 0.4) is 0 Å². The van der Waals surface area contributed by atoms with E-state index in [1.54, 1.807) is 39.2 Å². The zero-order chi connectivity index (χ0) is 19.3. The van der Waals surface area contributed by atoms with Gasteiger partial charge >= 0.3 is 11.9 Å². The fourth-order valence-electron chi connectivity index (χ4n) is 2.52. The second-order valence-electron chi connectivity index (χ2n) is 5.80. The summed E-state index contributed by atoms with van der Waals surface area (Å²) in [6.07, 6.45) is 0. The standard InChI is InChI=1S/C18H22N2O5S/c1-5-24-17(22)15-11(2)16(19-12(15)3)18(23)25-9-14(21)20(4)8-13-6-7-26-10-13/h6-7,10,19H,5,8-9H2,1-4H3. The van der Waals surface area contributed by atoms with Crippen molar-refractivity contribution in [2.75, 3.05) is 20.3 Å². The molecule has 0 aliphatic heterocycles. The topological polar surface area (TPSA) is 88.7 Å². The van der Waals surface area contributed by atoms with Gasteiger partial charge in [0.05, 0.1) is 12.2 Å². The molecule has 0 radical (unpaired) electrons. The lowest BCUT2D eigenvalue weighted by Gasteiger charge is -2.16. The summed E-state index contributed by atoms with van der Waals surface area (Å²) in [6.45, 7) is 5.35. The van der Waals surface area contributed by atoms with Crippen molar-refractivity contribution in [3.05, 3.63) is 44.9 Å². The van der Waals surface area contributed by atoms with E-state index < -0.39 is 11.9 Å². The molecule has 8 heteroatoms. The van der Waals surface area contributed by atoms with Gasteiger partial charge in [-0.1, -0.05) is 0 Å². The zero-order valence-corrected chi connectivity index (χ0v) is 16.1. The number of likely N-dealkylation sites (N-methyl/N-ethyl adjacent to an activating group) is 1. The third-order valence-corrected chi connectivity index (χ3v) is 4.61. The van der Waals surface area contributed by atoms with Crippen LogP contribution in [-0.4, -0.2) is 48.0 Å². The minimum absolute atomic E-state index is 0.152. The Hall–Kier alpha value is -2.61. The van der Waals surface area contributed by atoms with E-state index in [1.807, 2.05) is 16.8 Å². The van der Waals surface area contributed by atoms with Crippen molar-refractivity contribution in [2.45, 2.75) is 27.3 Å². The van der Waals surface area contributed by atoms with Gasteiger partial charge in [0.2, 0.25) is 0 Å². The maximum Gasteiger partial charge on any atom is 0.355 e. The van der Waals surface area contributed by atoms with Crippen molar-refractivity contribution in [2.24, 2.45) is 0 Å². The number of carbonyl (C=O) groups is 3. The molecule has 2 rings (SSSR count). The summed E-state index contributed by atoms with van der Waals surface area (Å²) in [6, 6.07) is 1.93. The number of esters is 2. The van der Waals surface area contributed by atoms with Gasteiger partial charge in [0.25, 0.3) is 5.91 Å². The number of rotatable bonds is 7. The Morgan fingerprint density at radius 1 is 1.19 bits per heavy atom. The number of aryl methyl sites for hydroxylation is 1. The molecule has 0 aliphatic rings. The summed E-state index contributed by atoms with van der Waals surface area (Å²) >= 11 is 1.55. The Balaban J connectivity index is 1.98. The highest BCUT2D eigenvalue weighted by atomic mass is 32.1. The van der Waals surface area contributed by atoms with Crippen molar-refractivity contribution in [3.63, 3.8) is 0 Å². The Bertz CT molecular complexity index is 795. The largest absolute Gasteiger partial charge is 0.462 e. The lowest BCUT2D eigenvalue weighted by Crippen LogP contribution is -2.30. The molecule has 26 heavy (non-hydrogen) atoms. The van der Waals surface area contributed by atoms with Crippen LogP contribution < -0.4 is 0 Å². The third-order valence-electron chi connectivity index (χ3n) is 3.87. The Labute approximate surface area is 155 Å². The molecule has 0 unspecified atom stereocenters.